The number of hydrogen-bond donors (Lipinski definition) is 3. The molecule has 0 aliphatic rings. The van der Waals surface area contributed by atoms with Crippen LogP contribution in [-0.4, -0.2) is 38.2 Å². The zero-order valence-corrected chi connectivity index (χ0v) is 10.4. The molecule has 0 spiro atoms. The summed E-state index contributed by atoms with van der Waals surface area (Å²) in [5.41, 5.74) is 3.39. The molecular formula is C12H14N2O5. The van der Waals surface area contributed by atoms with Crippen molar-refractivity contribution in [1.29, 1.82) is 0 Å². The van der Waals surface area contributed by atoms with Gasteiger partial charge in [0.25, 0.3) is 12.9 Å². The third-order valence-corrected chi connectivity index (χ3v) is 2.06. The summed E-state index contributed by atoms with van der Waals surface area (Å²) < 4.78 is 0. The highest BCUT2D eigenvalue weighted by Crippen LogP contribution is 2.17. The minimum atomic E-state index is -0.250. The lowest BCUT2D eigenvalue weighted by Gasteiger charge is -2.01. The van der Waals surface area contributed by atoms with E-state index < -0.39 is 0 Å². The van der Waals surface area contributed by atoms with Crippen LogP contribution in [0.4, 0.5) is 0 Å². The summed E-state index contributed by atoms with van der Waals surface area (Å²) in [5.74, 6) is 0.227. The average Bonchev–Trinajstić information content (AvgIpc) is 2.33. The Morgan fingerprint density at radius 2 is 1.37 bits per heavy atom. The SMILES string of the molecule is Cc1nc2ccc(O)cc2nc1C.O=CO.O=CO. The second-order valence-corrected chi connectivity index (χ2v) is 3.28. The lowest BCUT2D eigenvalue weighted by atomic mass is 10.2. The van der Waals surface area contributed by atoms with Gasteiger partial charge in [0, 0.05) is 6.07 Å². The van der Waals surface area contributed by atoms with Gasteiger partial charge in [-0.05, 0) is 26.0 Å². The van der Waals surface area contributed by atoms with Gasteiger partial charge in [-0.15, -0.1) is 0 Å². The molecule has 0 saturated carbocycles. The maximum absolute atomic E-state index is 9.22. The molecule has 0 aliphatic heterocycles. The fraction of sp³-hybridized carbons (Fsp3) is 0.167. The minimum absolute atomic E-state index is 0.227. The van der Waals surface area contributed by atoms with E-state index in [1.54, 1.807) is 18.2 Å². The molecule has 19 heavy (non-hydrogen) atoms. The molecular weight excluding hydrogens is 252 g/mol. The topological polar surface area (TPSA) is 121 Å². The van der Waals surface area contributed by atoms with E-state index in [1.165, 1.54) is 0 Å². The van der Waals surface area contributed by atoms with Gasteiger partial charge in [-0.1, -0.05) is 0 Å². The first kappa shape index (κ1) is 16.3. The zero-order valence-electron chi connectivity index (χ0n) is 10.4. The van der Waals surface area contributed by atoms with Crippen molar-refractivity contribution in [3.63, 3.8) is 0 Å². The Morgan fingerprint density at radius 1 is 0.947 bits per heavy atom. The third kappa shape index (κ3) is 5.44. The van der Waals surface area contributed by atoms with Crippen LogP contribution in [0.1, 0.15) is 11.4 Å². The van der Waals surface area contributed by atoms with Crippen LogP contribution in [0.3, 0.4) is 0 Å². The molecule has 0 radical (unpaired) electrons. The number of aromatic hydroxyl groups is 1. The van der Waals surface area contributed by atoms with Crippen molar-refractivity contribution in [2.45, 2.75) is 13.8 Å². The fourth-order valence-electron chi connectivity index (χ4n) is 1.22. The Kier molecular flexibility index (Phi) is 7.21. The van der Waals surface area contributed by atoms with Crippen LogP contribution in [0.15, 0.2) is 18.2 Å². The quantitative estimate of drug-likeness (QED) is 0.615. The molecule has 0 fully saturated rings. The summed E-state index contributed by atoms with van der Waals surface area (Å²) in [6.45, 7) is 3.33. The van der Waals surface area contributed by atoms with Crippen molar-refractivity contribution < 1.29 is 24.9 Å². The molecule has 102 valence electrons. The molecule has 2 aromatic rings. The van der Waals surface area contributed by atoms with Crippen molar-refractivity contribution in [3.8, 4) is 5.75 Å². The molecule has 0 saturated heterocycles. The van der Waals surface area contributed by atoms with Crippen LogP contribution in [-0.2, 0) is 9.59 Å². The van der Waals surface area contributed by atoms with E-state index in [9.17, 15) is 5.11 Å². The van der Waals surface area contributed by atoms with Gasteiger partial charge in [0.15, 0.2) is 0 Å². The summed E-state index contributed by atoms with van der Waals surface area (Å²) in [6, 6.07) is 5.00. The number of carboxylic acid groups (broad SMARTS) is 2. The van der Waals surface area contributed by atoms with E-state index in [1.807, 2.05) is 13.8 Å². The molecule has 0 unspecified atom stereocenters. The van der Waals surface area contributed by atoms with Crippen LogP contribution in [0.5, 0.6) is 5.75 Å². The predicted octanol–water partition coefficient (Wildman–Crippen LogP) is 1.35. The van der Waals surface area contributed by atoms with Gasteiger partial charge in [-0.3, -0.25) is 9.59 Å². The summed E-state index contributed by atoms with van der Waals surface area (Å²) in [7, 11) is 0. The molecule has 0 atom stereocenters. The Labute approximate surface area is 109 Å². The van der Waals surface area contributed by atoms with E-state index in [-0.39, 0.29) is 18.7 Å². The standard InChI is InChI=1S/C10H10N2O.2CH2O2/c1-6-7(2)12-10-5-8(13)3-4-9(10)11-6;2*2-1-3/h3-5,13H,1-2H3;2*1H,(H,2,3). The summed E-state index contributed by atoms with van der Waals surface area (Å²) in [4.78, 5) is 25.4. The first-order valence-electron chi connectivity index (χ1n) is 5.09. The van der Waals surface area contributed by atoms with E-state index in [0.29, 0.717) is 0 Å². The molecule has 0 aliphatic carbocycles. The van der Waals surface area contributed by atoms with Gasteiger partial charge < -0.3 is 15.3 Å². The van der Waals surface area contributed by atoms with E-state index in [2.05, 4.69) is 9.97 Å². The zero-order chi connectivity index (χ0) is 14.8. The molecule has 1 heterocycles. The minimum Gasteiger partial charge on any atom is -0.508 e. The number of fused-ring (bicyclic) bond motifs is 1. The highest BCUT2D eigenvalue weighted by molar-refractivity contribution is 5.76. The molecule has 0 bridgehead atoms. The number of hydrogen-bond acceptors (Lipinski definition) is 5. The van der Waals surface area contributed by atoms with Gasteiger partial charge in [-0.25, -0.2) is 9.97 Å². The molecule has 0 amide bonds. The Bertz CT molecular complexity index is 551. The largest absolute Gasteiger partial charge is 0.508 e. The van der Waals surface area contributed by atoms with Crippen LogP contribution in [0, 0.1) is 13.8 Å². The molecule has 7 heteroatoms. The predicted molar refractivity (Wildman–Crippen MR) is 68.1 cm³/mol. The Morgan fingerprint density at radius 3 is 1.84 bits per heavy atom. The molecule has 1 aromatic carbocycles. The van der Waals surface area contributed by atoms with Crippen molar-refractivity contribution in [2.24, 2.45) is 0 Å². The lowest BCUT2D eigenvalue weighted by molar-refractivity contribution is -0.123. The van der Waals surface area contributed by atoms with Gasteiger partial charge >= 0.3 is 0 Å². The van der Waals surface area contributed by atoms with Gasteiger partial charge in [0.2, 0.25) is 0 Å². The van der Waals surface area contributed by atoms with Crippen LogP contribution in [0.2, 0.25) is 0 Å². The molecule has 1 aromatic heterocycles. The monoisotopic (exact) mass is 266 g/mol. The number of rotatable bonds is 0. The van der Waals surface area contributed by atoms with Gasteiger partial charge in [-0.2, -0.15) is 0 Å². The number of nitrogens with zero attached hydrogens (tertiary/aromatic N) is 2. The highest BCUT2D eigenvalue weighted by Gasteiger charge is 2.01. The third-order valence-electron chi connectivity index (χ3n) is 2.06. The van der Waals surface area contributed by atoms with Gasteiger partial charge in [0.05, 0.1) is 22.4 Å². The smallest absolute Gasteiger partial charge is 0.290 e. The van der Waals surface area contributed by atoms with Crippen LogP contribution >= 0.6 is 0 Å². The van der Waals surface area contributed by atoms with Crippen LogP contribution < -0.4 is 0 Å². The van der Waals surface area contributed by atoms with Crippen molar-refractivity contribution in [2.75, 3.05) is 0 Å². The normalized spacial score (nSPS) is 8.53. The Hall–Kier alpha value is -2.70. The molecule has 3 N–H and O–H groups in total. The number of phenols is 1. The molecule has 7 nitrogen and oxygen atoms in total. The summed E-state index contributed by atoms with van der Waals surface area (Å²) in [5, 5.41) is 23.0. The van der Waals surface area contributed by atoms with Crippen LogP contribution in [0.25, 0.3) is 11.0 Å². The first-order valence-corrected chi connectivity index (χ1v) is 5.09. The Balaban J connectivity index is 0.000000465. The maximum Gasteiger partial charge on any atom is 0.290 e. The number of aryl methyl sites for hydroxylation is 2. The highest BCUT2D eigenvalue weighted by atomic mass is 16.3. The van der Waals surface area contributed by atoms with E-state index in [4.69, 9.17) is 19.8 Å². The van der Waals surface area contributed by atoms with Crippen molar-refractivity contribution >= 4 is 24.0 Å². The number of benzene rings is 1. The number of aromatic nitrogens is 2. The number of phenolic OH excluding ortho intramolecular Hbond substituents is 1. The fourth-order valence-corrected chi connectivity index (χ4v) is 1.22. The van der Waals surface area contributed by atoms with E-state index >= 15 is 0 Å². The first-order chi connectivity index (χ1) is 8.99. The second-order valence-electron chi connectivity index (χ2n) is 3.28. The van der Waals surface area contributed by atoms with Crippen molar-refractivity contribution in [3.05, 3.63) is 29.6 Å². The molecule has 2 rings (SSSR count). The maximum atomic E-state index is 9.22. The second kappa shape index (κ2) is 8.40. The summed E-state index contributed by atoms with van der Waals surface area (Å²) >= 11 is 0. The number of carbonyl (C=O) groups is 2. The van der Waals surface area contributed by atoms with Crippen molar-refractivity contribution in [1.82, 2.24) is 9.97 Å². The average molecular weight is 266 g/mol. The summed E-state index contributed by atoms with van der Waals surface area (Å²) in [6.07, 6.45) is 0. The van der Waals surface area contributed by atoms with E-state index in [0.717, 1.165) is 22.4 Å². The lowest BCUT2D eigenvalue weighted by Crippen LogP contribution is -1.92. The van der Waals surface area contributed by atoms with Gasteiger partial charge in [0.1, 0.15) is 5.75 Å².